The molecule has 0 bridgehead atoms. The van der Waals surface area contributed by atoms with Gasteiger partial charge in [-0.1, -0.05) is 0 Å². The number of hydrogen-bond donors (Lipinski definition) is 0. The van der Waals surface area contributed by atoms with Gasteiger partial charge in [0, 0.05) is 37.1 Å². The van der Waals surface area contributed by atoms with Crippen LogP contribution in [-0.2, 0) is 0 Å². The van der Waals surface area contributed by atoms with E-state index in [-0.39, 0.29) is 0 Å². The maximum absolute atomic E-state index is 9.23. The molecule has 0 N–H and O–H groups in total. The van der Waals surface area contributed by atoms with Gasteiger partial charge in [-0.2, -0.15) is 5.26 Å². The van der Waals surface area contributed by atoms with E-state index in [2.05, 4.69) is 25.9 Å². The third-order valence-electron chi connectivity index (χ3n) is 3.73. The van der Waals surface area contributed by atoms with E-state index in [1.807, 2.05) is 19.1 Å². The largest absolute Gasteiger partial charge is 0.476 e. The molecular formula is C16H17N5O. The van der Waals surface area contributed by atoms with E-state index in [0.717, 1.165) is 31.0 Å². The van der Waals surface area contributed by atoms with Crippen molar-refractivity contribution < 1.29 is 4.74 Å². The Labute approximate surface area is 129 Å². The summed E-state index contributed by atoms with van der Waals surface area (Å²) >= 11 is 0. The van der Waals surface area contributed by atoms with Crippen molar-refractivity contribution in [2.75, 3.05) is 24.6 Å². The summed E-state index contributed by atoms with van der Waals surface area (Å²) in [5, 5.41) is 9.23. The third kappa shape index (κ3) is 3.14. The van der Waals surface area contributed by atoms with Crippen molar-refractivity contribution in [2.24, 2.45) is 5.92 Å². The normalized spacial score (nSPS) is 17.3. The summed E-state index contributed by atoms with van der Waals surface area (Å²) in [4.78, 5) is 14.8. The van der Waals surface area contributed by atoms with Crippen molar-refractivity contribution in [3.63, 3.8) is 0 Å². The molecule has 1 unspecified atom stereocenters. The molecule has 1 atom stereocenters. The second-order valence-corrected chi connectivity index (χ2v) is 5.39. The van der Waals surface area contributed by atoms with Crippen LogP contribution in [0.4, 0.5) is 5.82 Å². The molecule has 1 aliphatic heterocycles. The predicted octanol–water partition coefficient (Wildman–Crippen LogP) is 1.96. The fourth-order valence-corrected chi connectivity index (χ4v) is 2.60. The minimum Gasteiger partial charge on any atom is -0.476 e. The number of aryl methyl sites for hydroxylation is 1. The Hall–Kier alpha value is -2.68. The van der Waals surface area contributed by atoms with Gasteiger partial charge in [0.1, 0.15) is 11.9 Å². The zero-order valence-electron chi connectivity index (χ0n) is 12.4. The summed E-state index contributed by atoms with van der Waals surface area (Å²) in [5.74, 6) is 1.73. The van der Waals surface area contributed by atoms with Gasteiger partial charge >= 0.3 is 0 Å². The highest BCUT2D eigenvalue weighted by Gasteiger charge is 2.26. The lowest BCUT2D eigenvalue weighted by atomic mass is 10.1. The third-order valence-corrected chi connectivity index (χ3v) is 3.73. The Kier molecular flexibility index (Phi) is 4.15. The Morgan fingerprint density at radius 2 is 2.32 bits per heavy atom. The van der Waals surface area contributed by atoms with Crippen LogP contribution in [0, 0.1) is 24.2 Å². The number of nitrogens with zero attached hydrogens (tertiary/aromatic N) is 5. The SMILES string of the molecule is Cc1ccc(C#N)c(N2CCC(COc3cnccn3)C2)n1. The van der Waals surface area contributed by atoms with E-state index in [1.54, 1.807) is 18.6 Å². The van der Waals surface area contributed by atoms with Gasteiger partial charge in [0.25, 0.3) is 0 Å². The first-order valence-electron chi connectivity index (χ1n) is 7.28. The van der Waals surface area contributed by atoms with Gasteiger partial charge in [0.15, 0.2) is 0 Å². The number of ether oxygens (including phenoxy) is 1. The Balaban J connectivity index is 1.63. The topological polar surface area (TPSA) is 74.9 Å². The van der Waals surface area contributed by atoms with Crippen LogP contribution in [0.5, 0.6) is 5.88 Å². The van der Waals surface area contributed by atoms with E-state index < -0.39 is 0 Å². The minimum absolute atomic E-state index is 0.399. The molecule has 0 amide bonds. The maximum atomic E-state index is 9.23. The number of aromatic nitrogens is 3. The highest BCUT2D eigenvalue weighted by Crippen LogP contribution is 2.25. The molecule has 0 radical (unpaired) electrons. The summed E-state index contributed by atoms with van der Waals surface area (Å²) in [6.45, 7) is 4.27. The number of anilines is 1. The Morgan fingerprint density at radius 3 is 3.09 bits per heavy atom. The van der Waals surface area contributed by atoms with Gasteiger partial charge in [-0.3, -0.25) is 4.98 Å². The molecule has 0 aromatic carbocycles. The minimum atomic E-state index is 0.399. The lowest BCUT2D eigenvalue weighted by Gasteiger charge is -2.19. The van der Waals surface area contributed by atoms with Crippen LogP contribution in [0.25, 0.3) is 0 Å². The molecule has 112 valence electrons. The average Bonchev–Trinajstić information content (AvgIpc) is 3.03. The van der Waals surface area contributed by atoms with Crippen LogP contribution >= 0.6 is 0 Å². The predicted molar refractivity (Wildman–Crippen MR) is 81.5 cm³/mol. The summed E-state index contributed by atoms with van der Waals surface area (Å²) in [5.41, 5.74) is 1.55. The molecule has 6 heteroatoms. The first-order valence-corrected chi connectivity index (χ1v) is 7.28. The van der Waals surface area contributed by atoms with Gasteiger partial charge in [-0.25, -0.2) is 9.97 Å². The van der Waals surface area contributed by atoms with E-state index in [0.29, 0.717) is 24.0 Å². The quantitative estimate of drug-likeness (QED) is 0.858. The van der Waals surface area contributed by atoms with Crippen LogP contribution in [0.1, 0.15) is 17.7 Å². The second-order valence-electron chi connectivity index (χ2n) is 5.39. The van der Waals surface area contributed by atoms with Gasteiger partial charge in [0.2, 0.25) is 5.88 Å². The summed E-state index contributed by atoms with van der Waals surface area (Å²) < 4.78 is 5.67. The lowest BCUT2D eigenvalue weighted by molar-refractivity contribution is 0.251. The molecule has 2 aromatic rings. The van der Waals surface area contributed by atoms with E-state index in [1.165, 1.54) is 0 Å². The average molecular weight is 295 g/mol. The molecule has 2 aromatic heterocycles. The number of hydrogen-bond acceptors (Lipinski definition) is 6. The molecule has 0 saturated carbocycles. The molecule has 6 nitrogen and oxygen atoms in total. The van der Waals surface area contributed by atoms with Gasteiger partial charge < -0.3 is 9.64 Å². The Bertz CT molecular complexity index is 683. The van der Waals surface area contributed by atoms with Crippen molar-refractivity contribution >= 4 is 5.82 Å². The molecule has 1 aliphatic rings. The van der Waals surface area contributed by atoms with Gasteiger partial charge in [0.05, 0.1) is 18.4 Å². The molecule has 1 saturated heterocycles. The molecule has 0 spiro atoms. The fourth-order valence-electron chi connectivity index (χ4n) is 2.60. The van der Waals surface area contributed by atoms with Gasteiger partial charge in [-0.15, -0.1) is 0 Å². The fraction of sp³-hybridized carbons (Fsp3) is 0.375. The monoisotopic (exact) mass is 295 g/mol. The zero-order valence-corrected chi connectivity index (χ0v) is 12.4. The van der Waals surface area contributed by atoms with Gasteiger partial charge in [-0.05, 0) is 25.5 Å². The van der Waals surface area contributed by atoms with E-state index in [9.17, 15) is 5.26 Å². The Morgan fingerprint density at radius 1 is 1.41 bits per heavy atom. The summed E-state index contributed by atoms with van der Waals surface area (Å²) in [7, 11) is 0. The highest BCUT2D eigenvalue weighted by atomic mass is 16.5. The van der Waals surface area contributed by atoms with Crippen molar-refractivity contribution in [1.29, 1.82) is 5.26 Å². The zero-order chi connectivity index (χ0) is 15.4. The standard InChI is InChI=1S/C16H17N5O/c1-12-2-3-14(8-17)16(20-12)21-7-4-13(10-21)11-22-15-9-18-5-6-19-15/h2-3,5-6,9,13H,4,7,10-11H2,1H3. The van der Waals surface area contributed by atoms with E-state index >= 15 is 0 Å². The smallest absolute Gasteiger partial charge is 0.232 e. The summed E-state index contributed by atoms with van der Waals surface area (Å²) in [6, 6.07) is 5.92. The van der Waals surface area contributed by atoms with Crippen molar-refractivity contribution in [2.45, 2.75) is 13.3 Å². The number of rotatable bonds is 4. The van der Waals surface area contributed by atoms with Crippen LogP contribution in [-0.4, -0.2) is 34.6 Å². The van der Waals surface area contributed by atoms with Crippen LogP contribution in [0.15, 0.2) is 30.7 Å². The lowest BCUT2D eigenvalue weighted by Crippen LogP contribution is -2.24. The maximum Gasteiger partial charge on any atom is 0.232 e. The second kappa shape index (κ2) is 6.39. The van der Waals surface area contributed by atoms with Crippen LogP contribution in [0.2, 0.25) is 0 Å². The first kappa shape index (κ1) is 14.3. The van der Waals surface area contributed by atoms with Crippen molar-refractivity contribution in [1.82, 2.24) is 15.0 Å². The summed E-state index contributed by atoms with van der Waals surface area (Å²) in [6.07, 6.45) is 5.87. The number of pyridine rings is 1. The molecular weight excluding hydrogens is 278 g/mol. The van der Waals surface area contributed by atoms with E-state index in [4.69, 9.17) is 4.74 Å². The molecule has 22 heavy (non-hydrogen) atoms. The van der Waals surface area contributed by atoms with Crippen molar-refractivity contribution in [3.8, 4) is 11.9 Å². The molecule has 0 aliphatic carbocycles. The molecule has 3 heterocycles. The van der Waals surface area contributed by atoms with Crippen LogP contribution in [0.3, 0.4) is 0 Å². The highest BCUT2D eigenvalue weighted by molar-refractivity contribution is 5.54. The van der Waals surface area contributed by atoms with Crippen LogP contribution < -0.4 is 9.64 Å². The van der Waals surface area contributed by atoms with Crippen molar-refractivity contribution in [3.05, 3.63) is 42.0 Å². The first-order chi connectivity index (χ1) is 10.8. The number of nitriles is 1. The molecule has 1 fully saturated rings. The molecule has 3 rings (SSSR count).